The van der Waals surface area contributed by atoms with Crippen molar-refractivity contribution in [1.29, 1.82) is 0 Å². The molecule has 0 aromatic carbocycles. The van der Waals surface area contributed by atoms with Gasteiger partial charge in [0.1, 0.15) is 23.4 Å². The van der Waals surface area contributed by atoms with Crippen LogP contribution in [-0.2, 0) is 42.9 Å². The molecule has 0 aliphatic carbocycles. The Bertz CT molecular complexity index is 976. The van der Waals surface area contributed by atoms with Crippen LogP contribution in [0.2, 0.25) is 0 Å². The van der Waals surface area contributed by atoms with Gasteiger partial charge in [-0.25, -0.2) is 0 Å². The second-order valence-electron chi connectivity index (χ2n) is 11.5. The van der Waals surface area contributed by atoms with Gasteiger partial charge in [0.15, 0.2) is 23.8 Å². The van der Waals surface area contributed by atoms with Crippen LogP contribution < -0.4 is 0 Å². The van der Waals surface area contributed by atoms with E-state index in [0.29, 0.717) is 56.3 Å². The molecule has 1 rings (SSSR count). The third kappa shape index (κ3) is 8.99. The monoisotopic (exact) mass is 594 g/mol. The fourth-order valence-corrected chi connectivity index (χ4v) is 6.03. The van der Waals surface area contributed by atoms with Crippen LogP contribution in [0.25, 0.3) is 0 Å². The summed E-state index contributed by atoms with van der Waals surface area (Å²) >= 11 is 0. The molecule has 240 valence electrons. The smallest absolute Gasteiger partial charge is 0.303 e. The molecule has 0 bridgehead atoms. The summed E-state index contributed by atoms with van der Waals surface area (Å²) in [5.74, 6) is -1.20. The van der Waals surface area contributed by atoms with Crippen molar-refractivity contribution in [2.24, 2.45) is 5.92 Å². The van der Waals surface area contributed by atoms with E-state index in [1.165, 1.54) is 20.8 Å². The maximum atomic E-state index is 13.0. The molecule has 42 heavy (non-hydrogen) atoms. The van der Waals surface area contributed by atoms with Gasteiger partial charge in [-0.15, -0.1) is 0 Å². The van der Waals surface area contributed by atoms with Crippen molar-refractivity contribution < 1.29 is 42.9 Å². The van der Waals surface area contributed by atoms with Gasteiger partial charge in [0.05, 0.1) is 11.9 Å². The van der Waals surface area contributed by atoms with Gasteiger partial charge in [-0.2, -0.15) is 0 Å². The highest BCUT2D eigenvalue weighted by atomic mass is 16.6. The molecule has 6 unspecified atom stereocenters. The van der Waals surface area contributed by atoms with Crippen LogP contribution in [0.1, 0.15) is 114 Å². The van der Waals surface area contributed by atoms with Gasteiger partial charge >= 0.3 is 11.9 Å². The molecule has 1 saturated heterocycles. The van der Waals surface area contributed by atoms with Crippen LogP contribution >= 0.6 is 0 Å². The summed E-state index contributed by atoms with van der Waals surface area (Å²) in [4.78, 5) is 50.8. The van der Waals surface area contributed by atoms with Crippen molar-refractivity contribution in [2.45, 2.75) is 156 Å². The number of allylic oxidation sites excluding steroid dienone is 2. The van der Waals surface area contributed by atoms with Crippen LogP contribution in [-0.4, -0.2) is 65.2 Å². The number of esters is 2. The number of rotatable bonds is 18. The topological polar surface area (TPSA) is 114 Å². The molecule has 1 fully saturated rings. The maximum Gasteiger partial charge on any atom is 0.303 e. The fraction of sp³-hybridized carbons (Fsp3) is 0.758. The van der Waals surface area contributed by atoms with Crippen molar-refractivity contribution in [3.63, 3.8) is 0 Å². The highest BCUT2D eigenvalue weighted by Crippen LogP contribution is 2.42. The molecule has 0 amide bonds. The van der Waals surface area contributed by atoms with Gasteiger partial charge < -0.3 is 23.7 Å². The van der Waals surface area contributed by atoms with E-state index < -0.39 is 53.7 Å². The Balaban J connectivity index is 3.91. The van der Waals surface area contributed by atoms with E-state index >= 15 is 0 Å². The number of ketones is 2. The average molecular weight is 595 g/mol. The zero-order valence-corrected chi connectivity index (χ0v) is 27.5. The molecular formula is C33H54O9. The lowest BCUT2D eigenvalue weighted by Crippen LogP contribution is -2.68. The summed E-state index contributed by atoms with van der Waals surface area (Å²) in [7, 11) is 0. The lowest BCUT2D eigenvalue weighted by molar-refractivity contribution is -0.297. The minimum atomic E-state index is -1.16. The van der Waals surface area contributed by atoms with Gasteiger partial charge in [0, 0.05) is 19.8 Å². The SMILES string of the molecule is C=C(C)OC1C(OC(C)=O)C(OC(CC)(CC)C(C)=O)C(CCC(CC)C(=O)C(=C)C)OC1C(CC)(CC)OC(C)=O. The van der Waals surface area contributed by atoms with Gasteiger partial charge in [-0.05, 0) is 71.3 Å². The molecule has 0 aromatic heterocycles. The first-order valence-corrected chi connectivity index (χ1v) is 15.3. The quantitative estimate of drug-likeness (QED) is 0.104. The Kier molecular flexibility index (Phi) is 14.6. The van der Waals surface area contributed by atoms with E-state index in [4.69, 9.17) is 23.7 Å². The molecule has 1 heterocycles. The molecule has 0 saturated carbocycles. The van der Waals surface area contributed by atoms with Crippen molar-refractivity contribution in [2.75, 3.05) is 0 Å². The Morgan fingerprint density at radius 2 is 1.36 bits per heavy atom. The number of ether oxygens (including phenoxy) is 5. The third-order valence-corrected chi connectivity index (χ3v) is 8.56. The largest absolute Gasteiger partial charge is 0.489 e. The van der Waals surface area contributed by atoms with Crippen LogP contribution in [0, 0.1) is 5.92 Å². The molecular weight excluding hydrogens is 540 g/mol. The minimum Gasteiger partial charge on any atom is -0.489 e. The Hall–Kier alpha value is -2.52. The fourth-order valence-electron chi connectivity index (χ4n) is 6.03. The van der Waals surface area contributed by atoms with Gasteiger partial charge in [0.2, 0.25) is 0 Å². The van der Waals surface area contributed by atoms with E-state index in [1.807, 2.05) is 34.6 Å². The second kappa shape index (κ2) is 16.4. The average Bonchev–Trinajstić information content (AvgIpc) is 2.91. The van der Waals surface area contributed by atoms with Crippen LogP contribution in [0.5, 0.6) is 0 Å². The van der Waals surface area contributed by atoms with Crippen molar-refractivity contribution >= 4 is 23.5 Å². The van der Waals surface area contributed by atoms with Gasteiger partial charge in [-0.3, -0.25) is 19.2 Å². The summed E-state index contributed by atoms with van der Waals surface area (Å²) in [5.41, 5.74) is -1.81. The molecule has 6 atom stereocenters. The highest BCUT2D eigenvalue weighted by Gasteiger charge is 2.59. The first-order chi connectivity index (χ1) is 19.6. The second-order valence-corrected chi connectivity index (χ2v) is 11.5. The highest BCUT2D eigenvalue weighted by molar-refractivity contribution is 5.95. The zero-order chi connectivity index (χ0) is 32.4. The molecule has 0 spiro atoms. The number of hydrogen-bond acceptors (Lipinski definition) is 9. The predicted molar refractivity (Wildman–Crippen MR) is 161 cm³/mol. The van der Waals surface area contributed by atoms with E-state index in [-0.39, 0.29) is 17.5 Å². The molecule has 1 aliphatic heterocycles. The Morgan fingerprint density at radius 1 is 0.786 bits per heavy atom. The third-order valence-electron chi connectivity index (χ3n) is 8.56. The standard InChI is InChI=1S/C33H54O9/c1-13-25(27(37)20(6)7)18-19-26-28(42-32(14-2,15-3)22(10)34)29(39-23(11)35)30(38-21(8)9)31(40-26)33(16-4,17-5)41-24(12)36/h25-26,28-31H,6,8,13-19H2,1-5,7,9-12H3. The molecule has 0 radical (unpaired) electrons. The molecule has 9 nitrogen and oxygen atoms in total. The molecule has 0 N–H and O–H groups in total. The summed E-state index contributed by atoms with van der Waals surface area (Å²) in [5, 5.41) is 0. The lowest BCUT2D eigenvalue weighted by Gasteiger charge is -2.52. The molecule has 0 aromatic rings. The normalized spacial score (nSPS) is 23.4. The van der Waals surface area contributed by atoms with E-state index in [0.717, 1.165) is 0 Å². The lowest BCUT2D eigenvalue weighted by atomic mass is 9.79. The number of hydrogen-bond donors (Lipinski definition) is 0. The van der Waals surface area contributed by atoms with Crippen LogP contribution in [0.15, 0.2) is 24.5 Å². The Morgan fingerprint density at radius 3 is 1.74 bits per heavy atom. The summed E-state index contributed by atoms with van der Waals surface area (Å²) in [6.45, 7) is 24.7. The van der Waals surface area contributed by atoms with E-state index in [2.05, 4.69) is 13.2 Å². The number of Topliss-reactive ketones (excluding diaryl/α,β-unsaturated/α-hetero) is 2. The van der Waals surface area contributed by atoms with Crippen molar-refractivity contribution in [3.05, 3.63) is 24.5 Å². The van der Waals surface area contributed by atoms with E-state index in [9.17, 15) is 19.2 Å². The molecule has 9 heteroatoms. The van der Waals surface area contributed by atoms with Crippen LogP contribution in [0.4, 0.5) is 0 Å². The summed E-state index contributed by atoms with van der Waals surface area (Å²) in [6.07, 6.45) is -1.60. The summed E-state index contributed by atoms with van der Waals surface area (Å²) < 4.78 is 31.6. The first-order valence-electron chi connectivity index (χ1n) is 15.3. The van der Waals surface area contributed by atoms with Crippen LogP contribution in [0.3, 0.4) is 0 Å². The maximum absolute atomic E-state index is 13.0. The predicted octanol–water partition coefficient (Wildman–Crippen LogP) is 6.21. The number of carbonyl (C=O) groups is 4. The van der Waals surface area contributed by atoms with Gasteiger partial charge in [0.25, 0.3) is 0 Å². The first kappa shape index (κ1) is 37.5. The van der Waals surface area contributed by atoms with Crippen molar-refractivity contribution in [1.82, 2.24) is 0 Å². The Labute approximate surface area is 252 Å². The minimum absolute atomic E-state index is 0.0288. The molecule has 1 aliphatic rings. The zero-order valence-electron chi connectivity index (χ0n) is 27.5. The number of carbonyl (C=O) groups excluding carboxylic acids is 4. The van der Waals surface area contributed by atoms with Crippen molar-refractivity contribution in [3.8, 4) is 0 Å². The van der Waals surface area contributed by atoms with Gasteiger partial charge in [-0.1, -0.05) is 47.8 Å². The summed E-state index contributed by atoms with van der Waals surface area (Å²) in [6, 6.07) is 0. The van der Waals surface area contributed by atoms with E-state index in [1.54, 1.807) is 13.8 Å².